The molecule has 0 bridgehead atoms. The summed E-state index contributed by atoms with van der Waals surface area (Å²) in [6, 6.07) is 14.2. The number of aryl methyl sites for hydroxylation is 1. The van der Waals surface area contributed by atoms with Crippen molar-refractivity contribution in [1.82, 2.24) is 5.32 Å². The minimum atomic E-state index is -3.63. The molecule has 0 aliphatic heterocycles. The van der Waals surface area contributed by atoms with Crippen molar-refractivity contribution in [3.05, 3.63) is 64.7 Å². The van der Waals surface area contributed by atoms with Crippen molar-refractivity contribution in [2.75, 3.05) is 17.1 Å². The van der Waals surface area contributed by atoms with Crippen LogP contribution in [0.4, 0.5) is 5.69 Å². The Morgan fingerprint density at radius 3 is 2.38 bits per heavy atom. The average Bonchev–Trinajstić information content (AvgIpc) is 2.57. The van der Waals surface area contributed by atoms with Gasteiger partial charge in [-0.3, -0.25) is 9.10 Å². The summed E-state index contributed by atoms with van der Waals surface area (Å²) in [5.74, 6) is -0.372. The Morgan fingerprint density at radius 2 is 1.85 bits per heavy atom. The largest absolute Gasteiger partial charge is 0.348 e. The first kappa shape index (κ1) is 20.3. The van der Waals surface area contributed by atoms with Crippen molar-refractivity contribution < 1.29 is 13.2 Å². The van der Waals surface area contributed by atoms with Gasteiger partial charge in [0.2, 0.25) is 15.9 Å². The number of hydrogen-bond acceptors (Lipinski definition) is 3. The molecule has 0 radical (unpaired) electrons. The van der Waals surface area contributed by atoms with Gasteiger partial charge < -0.3 is 5.32 Å². The molecule has 0 aromatic heterocycles. The molecule has 1 atom stereocenters. The van der Waals surface area contributed by atoms with Crippen LogP contribution in [0.25, 0.3) is 0 Å². The maximum Gasteiger partial charge on any atom is 0.241 e. The zero-order valence-electron chi connectivity index (χ0n) is 15.1. The van der Waals surface area contributed by atoms with Gasteiger partial charge in [0.25, 0.3) is 0 Å². The molecule has 140 valence electrons. The summed E-state index contributed by atoms with van der Waals surface area (Å²) in [5, 5.41) is 3.32. The minimum Gasteiger partial charge on any atom is -0.348 e. The van der Waals surface area contributed by atoms with Crippen LogP contribution in [0.3, 0.4) is 0 Å². The Labute approximate surface area is 160 Å². The van der Waals surface area contributed by atoms with E-state index in [-0.39, 0.29) is 18.5 Å². The smallest absolute Gasteiger partial charge is 0.241 e. The minimum absolute atomic E-state index is 0.177. The van der Waals surface area contributed by atoms with E-state index in [0.717, 1.165) is 21.7 Å². The highest BCUT2D eigenvalue weighted by atomic mass is 35.5. The normalized spacial score (nSPS) is 12.5. The number of carbonyl (C=O) groups excluding carboxylic acids is 1. The molecule has 0 aliphatic rings. The first-order chi connectivity index (χ1) is 12.2. The fourth-order valence-corrected chi connectivity index (χ4v) is 3.65. The molecule has 26 heavy (non-hydrogen) atoms. The van der Waals surface area contributed by atoms with Gasteiger partial charge >= 0.3 is 0 Å². The number of amides is 1. The molecule has 2 rings (SSSR count). The van der Waals surface area contributed by atoms with Gasteiger partial charge in [-0.05, 0) is 37.1 Å². The number of anilines is 1. The highest BCUT2D eigenvalue weighted by Gasteiger charge is 2.22. The number of hydrogen-bond donors (Lipinski definition) is 1. The number of rotatable bonds is 7. The third-order valence-corrected chi connectivity index (χ3v) is 5.38. The summed E-state index contributed by atoms with van der Waals surface area (Å²) >= 11 is 5.95. The monoisotopic (exact) mass is 394 g/mol. The van der Waals surface area contributed by atoms with E-state index in [9.17, 15) is 13.2 Å². The number of nitrogens with one attached hydrogen (secondary N) is 1. The Hall–Kier alpha value is -2.05. The lowest BCUT2D eigenvalue weighted by molar-refractivity contribution is -0.120. The first-order valence-corrected chi connectivity index (χ1v) is 10.5. The number of halogens is 1. The van der Waals surface area contributed by atoms with Crippen LogP contribution in [-0.4, -0.2) is 27.1 Å². The standard InChI is InChI=1S/C19H23ClN2O3S/c1-4-18(15-10-8-14(2)9-11-15)21-19(23)13-22(26(3,24)25)17-7-5-6-16(20)12-17/h5-12,18H,4,13H2,1-3H3,(H,21,23)/t18-/m0/s1. The van der Waals surface area contributed by atoms with Gasteiger partial charge in [0, 0.05) is 5.02 Å². The quantitative estimate of drug-likeness (QED) is 0.778. The van der Waals surface area contributed by atoms with E-state index >= 15 is 0 Å². The van der Waals surface area contributed by atoms with Crippen LogP contribution in [0.15, 0.2) is 48.5 Å². The fraction of sp³-hybridized carbons (Fsp3) is 0.316. The molecule has 2 aromatic carbocycles. The predicted molar refractivity (Wildman–Crippen MR) is 106 cm³/mol. The first-order valence-electron chi connectivity index (χ1n) is 8.30. The summed E-state index contributed by atoms with van der Waals surface area (Å²) in [5.41, 5.74) is 2.48. The molecule has 1 N–H and O–H groups in total. The lowest BCUT2D eigenvalue weighted by Crippen LogP contribution is -2.41. The van der Waals surface area contributed by atoms with Gasteiger partial charge in [-0.25, -0.2) is 8.42 Å². The van der Waals surface area contributed by atoms with E-state index in [4.69, 9.17) is 11.6 Å². The molecule has 5 nitrogen and oxygen atoms in total. The molecule has 0 saturated carbocycles. The van der Waals surface area contributed by atoms with Crippen molar-refractivity contribution in [2.45, 2.75) is 26.3 Å². The van der Waals surface area contributed by atoms with Crippen LogP contribution in [-0.2, 0) is 14.8 Å². The Bertz CT molecular complexity index is 867. The second kappa shape index (κ2) is 8.56. The average molecular weight is 395 g/mol. The molecule has 0 spiro atoms. The summed E-state index contributed by atoms with van der Waals surface area (Å²) in [4.78, 5) is 12.5. The lowest BCUT2D eigenvalue weighted by Gasteiger charge is -2.24. The third-order valence-electron chi connectivity index (χ3n) is 4.01. The van der Waals surface area contributed by atoms with E-state index in [1.807, 2.05) is 38.1 Å². The Morgan fingerprint density at radius 1 is 1.19 bits per heavy atom. The van der Waals surface area contributed by atoms with E-state index < -0.39 is 10.0 Å². The lowest BCUT2D eigenvalue weighted by atomic mass is 10.0. The molecular formula is C19H23ClN2O3S. The predicted octanol–water partition coefficient (Wildman–Crippen LogP) is 3.68. The van der Waals surface area contributed by atoms with Gasteiger partial charge in [0.15, 0.2) is 0 Å². The number of benzene rings is 2. The highest BCUT2D eigenvalue weighted by Crippen LogP contribution is 2.22. The molecule has 0 saturated heterocycles. The van der Waals surface area contributed by atoms with Crippen LogP contribution in [0.5, 0.6) is 0 Å². The van der Waals surface area contributed by atoms with Crippen LogP contribution in [0.2, 0.25) is 5.02 Å². The van der Waals surface area contributed by atoms with E-state index in [0.29, 0.717) is 17.1 Å². The molecule has 0 unspecified atom stereocenters. The van der Waals surface area contributed by atoms with Gasteiger partial charge in [0.1, 0.15) is 6.54 Å². The summed E-state index contributed by atoms with van der Waals surface area (Å²) in [6.45, 7) is 3.66. The maximum absolute atomic E-state index is 12.5. The van der Waals surface area contributed by atoms with E-state index in [2.05, 4.69) is 5.32 Å². The van der Waals surface area contributed by atoms with E-state index in [1.54, 1.807) is 18.2 Å². The molecule has 0 aliphatic carbocycles. The number of nitrogens with zero attached hydrogens (tertiary/aromatic N) is 1. The van der Waals surface area contributed by atoms with Gasteiger partial charge in [-0.15, -0.1) is 0 Å². The van der Waals surface area contributed by atoms with Crippen molar-refractivity contribution in [3.8, 4) is 0 Å². The SMILES string of the molecule is CC[C@H](NC(=O)CN(c1cccc(Cl)c1)S(C)(=O)=O)c1ccc(C)cc1. The third kappa shape index (κ3) is 5.47. The van der Waals surface area contributed by atoms with Gasteiger partial charge in [-0.2, -0.15) is 0 Å². The van der Waals surface area contributed by atoms with Crippen molar-refractivity contribution in [1.29, 1.82) is 0 Å². The summed E-state index contributed by atoms with van der Waals surface area (Å²) in [7, 11) is -3.63. The molecule has 7 heteroatoms. The van der Waals surface area contributed by atoms with Crippen molar-refractivity contribution in [3.63, 3.8) is 0 Å². The fourth-order valence-electron chi connectivity index (χ4n) is 2.62. The summed E-state index contributed by atoms with van der Waals surface area (Å²) in [6.07, 6.45) is 1.77. The summed E-state index contributed by atoms with van der Waals surface area (Å²) < 4.78 is 25.3. The molecule has 0 fully saturated rings. The van der Waals surface area contributed by atoms with Gasteiger partial charge in [-0.1, -0.05) is 54.4 Å². The zero-order valence-corrected chi connectivity index (χ0v) is 16.6. The second-order valence-electron chi connectivity index (χ2n) is 6.19. The van der Waals surface area contributed by atoms with Crippen molar-refractivity contribution in [2.24, 2.45) is 0 Å². The number of sulfonamides is 1. The van der Waals surface area contributed by atoms with Crippen LogP contribution in [0.1, 0.15) is 30.5 Å². The topological polar surface area (TPSA) is 66.5 Å². The molecule has 2 aromatic rings. The molecule has 1 amide bonds. The van der Waals surface area contributed by atoms with E-state index in [1.165, 1.54) is 6.07 Å². The number of carbonyl (C=O) groups is 1. The Kier molecular flexibility index (Phi) is 6.67. The van der Waals surface area contributed by atoms with Gasteiger partial charge in [0.05, 0.1) is 18.0 Å². The highest BCUT2D eigenvalue weighted by molar-refractivity contribution is 7.92. The maximum atomic E-state index is 12.5. The van der Waals surface area contributed by atoms with Crippen LogP contribution >= 0.6 is 11.6 Å². The van der Waals surface area contributed by atoms with Crippen LogP contribution in [0, 0.1) is 6.92 Å². The second-order valence-corrected chi connectivity index (χ2v) is 8.53. The molecule has 0 heterocycles. The zero-order chi connectivity index (χ0) is 19.3. The van der Waals surface area contributed by atoms with Crippen molar-refractivity contribution >= 4 is 33.2 Å². The van der Waals surface area contributed by atoms with Crippen LogP contribution < -0.4 is 9.62 Å². The Balaban J connectivity index is 2.17. The molecular weight excluding hydrogens is 372 g/mol.